The summed E-state index contributed by atoms with van der Waals surface area (Å²) >= 11 is 0. The third-order valence-electron chi connectivity index (χ3n) is 13.1. The summed E-state index contributed by atoms with van der Waals surface area (Å²) < 4.78 is 13.3. The quantitative estimate of drug-likeness (QED) is 0.180. The van der Waals surface area contributed by atoms with Gasteiger partial charge in [0.1, 0.15) is 22.3 Å². The van der Waals surface area contributed by atoms with Crippen molar-refractivity contribution in [1.29, 1.82) is 0 Å². The Morgan fingerprint density at radius 1 is 0.351 bits per heavy atom. The number of nitrogens with zero attached hydrogens (tertiary/aromatic N) is 1. The molecule has 0 spiro atoms. The molecule has 2 heterocycles. The molecule has 0 unspecified atom stereocenters. The number of fused-ring (bicyclic) bond motifs is 12. The standard InChI is InChI=1S/C54H39NO2/c1-53(2)45-19-10-8-15-37(45)39-24-21-34(28-47(39)53)55(35-22-25-40-38-16-9-11-20-46(38)54(3,4)48(40)29-35)33-23-26-49-42(27-33)44-31-51-43(30-50(44)56-49)41-18-12-17-36(52(41)57-51)32-13-6-5-7-14-32/h5-31H,1-4H3. The van der Waals surface area contributed by atoms with Crippen molar-refractivity contribution in [2.75, 3.05) is 4.90 Å². The highest BCUT2D eigenvalue weighted by molar-refractivity contribution is 6.17. The van der Waals surface area contributed by atoms with Gasteiger partial charge >= 0.3 is 0 Å². The van der Waals surface area contributed by atoms with Gasteiger partial charge in [-0.3, -0.25) is 0 Å². The third kappa shape index (κ3) is 4.48. The molecule has 0 aliphatic heterocycles. The van der Waals surface area contributed by atoms with Crippen LogP contribution in [-0.4, -0.2) is 0 Å². The van der Waals surface area contributed by atoms with E-state index in [9.17, 15) is 0 Å². The molecule has 57 heavy (non-hydrogen) atoms. The predicted octanol–water partition coefficient (Wildman–Crippen LogP) is 15.2. The highest BCUT2D eigenvalue weighted by Crippen LogP contribution is 2.53. The molecule has 2 aliphatic carbocycles. The molecule has 2 aromatic heterocycles. The van der Waals surface area contributed by atoms with E-state index in [1.165, 1.54) is 44.5 Å². The minimum absolute atomic E-state index is 0.127. The maximum absolute atomic E-state index is 6.71. The van der Waals surface area contributed by atoms with Crippen LogP contribution in [0.1, 0.15) is 49.9 Å². The Morgan fingerprint density at radius 3 is 1.49 bits per heavy atom. The smallest absolute Gasteiger partial charge is 0.143 e. The van der Waals surface area contributed by atoms with Crippen LogP contribution in [0.4, 0.5) is 17.1 Å². The lowest BCUT2D eigenvalue weighted by Gasteiger charge is -2.29. The minimum Gasteiger partial charge on any atom is -0.456 e. The van der Waals surface area contributed by atoms with Crippen molar-refractivity contribution in [2.24, 2.45) is 0 Å². The summed E-state index contributed by atoms with van der Waals surface area (Å²) in [5.41, 5.74) is 19.5. The molecule has 272 valence electrons. The highest BCUT2D eigenvalue weighted by atomic mass is 16.3. The van der Waals surface area contributed by atoms with Crippen LogP contribution < -0.4 is 4.90 Å². The van der Waals surface area contributed by atoms with Gasteiger partial charge in [0.05, 0.1) is 0 Å². The van der Waals surface area contributed by atoms with Gasteiger partial charge in [0.25, 0.3) is 0 Å². The molecule has 0 amide bonds. The topological polar surface area (TPSA) is 29.5 Å². The predicted molar refractivity (Wildman–Crippen MR) is 236 cm³/mol. The first-order valence-corrected chi connectivity index (χ1v) is 19.9. The number of hydrogen-bond acceptors (Lipinski definition) is 3. The summed E-state index contributed by atoms with van der Waals surface area (Å²) in [5, 5.41) is 4.24. The first-order valence-electron chi connectivity index (χ1n) is 19.9. The Balaban J connectivity index is 1.06. The van der Waals surface area contributed by atoms with Crippen molar-refractivity contribution in [1.82, 2.24) is 0 Å². The van der Waals surface area contributed by atoms with Crippen molar-refractivity contribution < 1.29 is 8.83 Å². The van der Waals surface area contributed by atoms with Crippen molar-refractivity contribution in [3.05, 3.63) is 186 Å². The van der Waals surface area contributed by atoms with Crippen LogP contribution in [0, 0.1) is 0 Å². The second-order valence-electron chi connectivity index (χ2n) is 16.9. The molecule has 10 aromatic rings. The van der Waals surface area contributed by atoms with Crippen LogP contribution in [0.3, 0.4) is 0 Å². The summed E-state index contributed by atoms with van der Waals surface area (Å²) in [6, 6.07) is 59.6. The number of furan rings is 2. The van der Waals surface area contributed by atoms with Crippen LogP contribution in [0.2, 0.25) is 0 Å². The lowest BCUT2D eigenvalue weighted by Crippen LogP contribution is -2.18. The molecule has 8 aromatic carbocycles. The average molecular weight is 734 g/mol. The fourth-order valence-electron chi connectivity index (χ4n) is 10.1. The van der Waals surface area contributed by atoms with Crippen molar-refractivity contribution in [2.45, 2.75) is 38.5 Å². The number of benzene rings is 8. The molecular formula is C54H39NO2. The fraction of sp³-hybridized carbons (Fsp3) is 0.111. The lowest BCUT2D eigenvalue weighted by atomic mass is 9.82. The fourth-order valence-corrected chi connectivity index (χ4v) is 10.1. The molecule has 0 atom stereocenters. The van der Waals surface area contributed by atoms with E-state index in [0.29, 0.717) is 0 Å². The molecule has 3 heteroatoms. The minimum atomic E-state index is -0.127. The number of para-hydroxylation sites is 1. The van der Waals surface area contributed by atoms with Crippen molar-refractivity contribution >= 4 is 60.9 Å². The van der Waals surface area contributed by atoms with Crippen molar-refractivity contribution in [3.8, 4) is 33.4 Å². The van der Waals surface area contributed by atoms with E-state index in [2.05, 4.69) is 190 Å². The zero-order chi connectivity index (χ0) is 38.2. The molecule has 12 rings (SSSR count). The van der Waals surface area contributed by atoms with Gasteiger partial charge in [-0.15, -0.1) is 0 Å². The molecule has 0 saturated heterocycles. The van der Waals surface area contributed by atoms with Crippen LogP contribution in [0.25, 0.3) is 77.3 Å². The van der Waals surface area contributed by atoms with Crippen molar-refractivity contribution in [3.63, 3.8) is 0 Å². The number of rotatable bonds is 4. The van der Waals surface area contributed by atoms with E-state index in [0.717, 1.165) is 72.1 Å². The number of hydrogen-bond donors (Lipinski definition) is 0. The normalized spacial score (nSPS) is 14.6. The van der Waals surface area contributed by atoms with E-state index >= 15 is 0 Å². The van der Waals surface area contributed by atoms with E-state index in [1.807, 2.05) is 6.07 Å². The maximum atomic E-state index is 6.71. The molecule has 0 saturated carbocycles. The van der Waals surface area contributed by atoms with Gasteiger partial charge in [0.2, 0.25) is 0 Å². The molecule has 0 N–H and O–H groups in total. The van der Waals surface area contributed by atoms with E-state index in [1.54, 1.807) is 0 Å². The zero-order valence-electron chi connectivity index (χ0n) is 32.4. The summed E-state index contributed by atoms with van der Waals surface area (Å²) in [6.45, 7) is 9.41. The molecular weight excluding hydrogens is 695 g/mol. The van der Waals surface area contributed by atoms with Crippen LogP contribution >= 0.6 is 0 Å². The summed E-state index contributed by atoms with van der Waals surface area (Å²) in [5.74, 6) is 0. The first-order chi connectivity index (χ1) is 27.8. The Labute approximate surface area is 331 Å². The van der Waals surface area contributed by atoms with Gasteiger partial charge in [-0.05, 0) is 105 Å². The largest absolute Gasteiger partial charge is 0.456 e. The van der Waals surface area contributed by atoms with Crippen LogP contribution in [-0.2, 0) is 10.8 Å². The Morgan fingerprint density at radius 2 is 0.842 bits per heavy atom. The van der Waals surface area contributed by atoms with Crippen LogP contribution in [0.5, 0.6) is 0 Å². The second-order valence-corrected chi connectivity index (χ2v) is 16.9. The molecule has 2 aliphatic rings. The van der Waals surface area contributed by atoms with E-state index in [-0.39, 0.29) is 10.8 Å². The van der Waals surface area contributed by atoms with Gasteiger partial charge in [0, 0.05) is 55.0 Å². The third-order valence-corrected chi connectivity index (χ3v) is 13.1. The number of anilines is 3. The van der Waals surface area contributed by atoms with Gasteiger partial charge in [0.15, 0.2) is 0 Å². The van der Waals surface area contributed by atoms with Gasteiger partial charge in [-0.1, -0.05) is 137 Å². The Kier molecular flexibility index (Phi) is 6.46. The molecule has 0 fully saturated rings. The van der Waals surface area contributed by atoms with E-state index < -0.39 is 0 Å². The van der Waals surface area contributed by atoms with Gasteiger partial charge < -0.3 is 13.7 Å². The summed E-state index contributed by atoms with van der Waals surface area (Å²) in [7, 11) is 0. The SMILES string of the molecule is CC1(C)c2ccccc2-c2ccc(N(c3ccc4c(c3)C(C)(C)c3ccccc3-4)c3ccc4oc5cc6c(cc5c4c3)oc3c(-c4ccccc4)cccc36)cc21. The maximum Gasteiger partial charge on any atom is 0.143 e. The van der Waals surface area contributed by atoms with Gasteiger partial charge in [-0.25, -0.2) is 0 Å². The Hall–Kier alpha value is -6.84. The molecule has 3 nitrogen and oxygen atoms in total. The van der Waals surface area contributed by atoms with Gasteiger partial charge in [-0.2, -0.15) is 0 Å². The average Bonchev–Trinajstić information content (AvgIpc) is 3.92. The zero-order valence-corrected chi connectivity index (χ0v) is 32.4. The highest BCUT2D eigenvalue weighted by Gasteiger charge is 2.37. The summed E-state index contributed by atoms with van der Waals surface area (Å²) in [6.07, 6.45) is 0. The van der Waals surface area contributed by atoms with Crippen LogP contribution in [0.15, 0.2) is 173 Å². The first kappa shape index (κ1) is 32.4. The second kappa shape index (κ2) is 11.4. The molecule has 0 radical (unpaired) electrons. The summed E-state index contributed by atoms with van der Waals surface area (Å²) in [4.78, 5) is 2.43. The lowest BCUT2D eigenvalue weighted by molar-refractivity contribution is 0.660. The van der Waals surface area contributed by atoms with E-state index in [4.69, 9.17) is 8.83 Å². The monoisotopic (exact) mass is 733 g/mol. The Bertz CT molecular complexity index is 3200. The molecule has 0 bridgehead atoms.